The molecule has 3 aliphatic heterocycles. The largest absolute Gasteiger partial charge is 0.484 e. The van der Waals surface area contributed by atoms with Gasteiger partial charge in [0.15, 0.2) is 12.5 Å². The maximum absolute atomic E-state index is 12.3. The van der Waals surface area contributed by atoms with Crippen molar-refractivity contribution < 1.29 is 23.8 Å². The summed E-state index contributed by atoms with van der Waals surface area (Å²) >= 11 is 0. The minimum absolute atomic E-state index is 0.00530. The Morgan fingerprint density at radius 1 is 1.30 bits per heavy atom. The van der Waals surface area contributed by atoms with Gasteiger partial charge >= 0.3 is 6.09 Å². The van der Waals surface area contributed by atoms with Crippen molar-refractivity contribution >= 4 is 29.3 Å². The second-order valence-corrected chi connectivity index (χ2v) is 7.49. The lowest BCUT2D eigenvalue weighted by Gasteiger charge is -2.20. The highest BCUT2D eigenvalue weighted by Gasteiger charge is 2.32. The first-order chi connectivity index (χ1) is 14.6. The normalized spacial score (nSPS) is 22.7. The number of nitrogens with one attached hydrogen (secondary N) is 2. The van der Waals surface area contributed by atoms with Gasteiger partial charge in [-0.15, -0.1) is 0 Å². The van der Waals surface area contributed by atoms with Gasteiger partial charge in [0.25, 0.3) is 5.91 Å². The molecule has 3 aliphatic rings. The molecule has 9 heteroatoms. The second-order valence-electron chi connectivity index (χ2n) is 7.49. The predicted octanol–water partition coefficient (Wildman–Crippen LogP) is 2.29. The van der Waals surface area contributed by atoms with E-state index in [1.807, 2.05) is 0 Å². The molecule has 0 aliphatic carbocycles. The molecule has 4 rings (SSSR count). The molecular formula is C21H26N4O5. The number of rotatable bonds is 7. The average molecular weight is 414 g/mol. The zero-order chi connectivity index (χ0) is 20.9. The van der Waals surface area contributed by atoms with Crippen LogP contribution in [0.25, 0.3) is 0 Å². The van der Waals surface area contributed by atoms with Crippen molar-refractivity contribution in [2.75, 3.05) is 43.6 Å². The first-order valence-corrected chi connectivity index (χ1v) is 10.2. The fourth-order valence-electron chi connectivity index (χ4n) is 3.72. The third-order valence-corrected chi connectivity index (χ3v) is 5.37. The first-order valence-electron chi connectivity index (χ1n) is 10.2. The lowest BCUT2D eigenvalue weighted by molar-refractivity contribution is -0.118. The number of carbonyl (C=O) groups is 2. The van der Waals surface area contributed by atoms with E-state index in [4.69, 9.17) is 14.2 Å². The Bertz CT molecular complexity index is 869. The van der Waals surface area contributed by atoms with Gasteiger partial charge in [-0.05, 0) is 50.0 Å². The Labute approximate surface area is 175 Å². The summed E-state index contributed by atoms with van der Waals surface area (Å²) in [6.45, 7) is 2.13. The lowest BCUT2D eigenvalue weighted by atomic mass is 10.00. The summed E-state index contributed by atoms with van der Waals surface area (Å²) in [6.07, 6.45) is 5.92. The van der Waals surface area contributed by atoms with Crippen molar-refractivity contribution in [3.8, 4) is 5.75 Å². The van der Waals surface area contributed by atoms with Crippen LogP contribution in [0.4, 0.5) is 16.2 Å². The summed E-state index contributed by atoms with van der Waals surface area (Å²) in [5.74, 6) is 1.59. The molecule has 1 saturated heterocycles. The fraction of sp³-hybridized carbons (Fsp3) is 0.476. The number of amides is 2. The molecule has 1 unspecified atom stereocenters. The number of hydrogen-bond acceptors (Lipinski definition) is 7. The average Bonchev–Trinajstić information content (AvgIpc) is 3.13. The van der Waals surface area contributed by atoms with Crippen LogP contribution in [0.3, 0.4) is 0 Å². The topological polar surface area (TPSA) is 101 Å². The Balaban J connectivity index is 1.21. The van der Waals surface area contributed by atoms with Crippen LogP contribution in [-0.2, 0) is 14.3 Å². The number of nitrogens with zero attached hydrogens (tertiary/aromatic N) is 2. The number of aliphatic imine (C=N–C) groups is 1. The van der Waals surface area contributed by atoms with E-state index < -0.39 is 0 Å². The van der Waals surface area contributed by atoms with Gasteiger partial charge in [0.1, 0.15) is 11.9 Å². The monoisotopic (exact) mass is 414 g/mol. The van der Waals surface area contributed by atoms with E-state index in [-0.39, 0.29) is 24.7 Å². The van der Waals surface area contributed by atoms with Crippen molar-refractivity contribution in [1.82, 2.24) is 5.32 Å². The van der Waals surface area contributed by atoms with E-state index in [9.17, 15) is 9.59 Å². The van der Waals surface area contributed by atoms with E-state index in [0.29, 0.717) is 29.6 Å². The van der Waals surface area contributed by atoms with Crippen LogP contribution in [0.1, 0.15) is 19.3 Å². The summed E-state index contributed by atoms with van der Waals surface area (Å²) in [7, 11) is 1.65. The number of benzene rings is 1. The van der Waals surface area contributed by atoms with E-state index >= 15 is 0 Å². The van der Waals surface area contributed by atoms with Crippen LogP contribution in [0.15, 0.2) is 35.5 Å². The van der Waals surface area contributed by atoms with Crippen LogP contribution in [-0.4, -0.2) is 57.4 Å². The SMILES string of the molecule is COC1=NC=CC(CCNCC[C@@H]2CN(c3ccc4c(c3)NC(=O)CO4)C(=O)O2)C1. The number of methoxy groups -OCH3 is 1. The van der Waals surface area contributed by atoms with Crippen molar-refractivity contribution in [3.05, 3.63) is 30.5 Å². The highest BCUT2D eigenvalue weighted by Crippen LogP contribution is 2.33. The Morgan fingerprint density at radius 2 is 2.17 bits per heavy atom. The van der Waals surface area contributed by atoms with Crippen LogP contribution in [0, 0.1) is 5.92 Å². The molecule has 0 bridgehead atoms. The maximum Gasteiger partial charge on any atom is 0.414 e. The standard InChI is InChI=1S/C21H26N4O5/c1-28-20-10-14(5-9-23-20)4-7-22-8-6-16-12-25(21(27)30-16)15-2-3-18-17(11-15)24-19(26)13-29-18/h2-3,5,9,11,14,16,22H,4,6-8,10,12-13H2,1H3,(H,24,26)/t14?,16-/m1/s1. The number of carbonyl (C=O) groups excluding carboxylic acids is 2. The molecule has 0 saturated carbocycles. The number of allylic oxidation sites excluding steroid dienone is 1. The number of cyclic esters (lactones) is 1. The van der Waals surface area contributed by atoms with Crippen molar-refractivity contribution in [1.29, 1.82) is 0 Å². The Kier molecular flexibility index (Phi) is 6.18. The summed E-state index contributed by atoms with van der Waals surface area (Å²) < 4.78 is 16.1. The summed E-state index contributed by atoms with van der Waals surface area (Å²) in [4.78, 5) is 29.6. The first kappa shape index (κ1) is 20.2. The Morgan fingerprint density at radius 3 is 3.03 bits per heavy atom. The molecular weight excluding hydrogens is 388 g/mol. The molecule has 160 valence electrons. The molecule has 1 aromatic rings. The van der Waals surface area contributed by atoms with Gasteiger partial charge in [-0.2, -0.15) is 0 Å². The van der Waals surface area contributed by atoms with Crippen molar-refractivity contribution in [2.45, 2.75) is 25.4 Å². The molecule has 0 spiro atoms. The third-order valence-electron chi connectivity index (χ3n) is 5.37. The third kappa shape index (κ3) is 4.73. The molecule has 0 aromatic heterocycles. The molecule has 2 amide bonds. The van der Waals surface area contributed by atoms with Gasteiger partial charge in [-0.3, -0.25) is 9.69 Å². The highest BCUT2D eigenvalue weighted by atomic mass is 16.6. The Hall–Kier alpha value is -3.07. The van der Waals surface area contributed by atoms with E-state index in [1.54, 1.807) is 36.4 Å². The molecule has 1 aromatic carbocycles. The molecule has 9 nitrogen and oxygen atoms in total. The van der Waals surface area contributed by atoms with E-state index in [1.165, 1.54) is 0 Å². The van der Waals surface area contributed by atoms with Gasteiger partial charge in [0.2, 0.25) is 0 Å². The van der Waals surface area contributed by atoms with Crippen LogP contribution < -0.4 is 20.3 Å². The summed E-state index contributed by atoms with van der Waals surface area (Å²) in [5.41, 5.74) is 1.25. The van der Waals surface area contributed by atoms with Crippen molar-refractivity contribution in [2.24, 2.45) is 10.9 Å². The van der Waals surface area contributed by atoms with Gasteiger partial charge < -0.3 is 24.8 Å². The van der Waals surface area contributed by atoms with Gasteiger partial charge in [-0.25, -0.2) is 9.79 Å². The fourth-order valence-corrected chi connectivity index (χ4v) is 3.72. The second kappa shape index (κ2) is 9.17. The highest BCUT2D eigenvalue weighted by molar-refractivity contribution is 5.97. The number of hydrogen-bond donors (Lipinski definition) is 2. The zero-order valence-corrected chi connectivity index (χ0v) is 16.9. The van der Waals surface area contributed by atoms with Crippen LogP contribution >= 0.6 is 0 Å². The van der Waals surface area contributed by atoms with Crippen LogP contribution in [0.2, 0.25) is 0 Å². The molecule has 2 atom stereocenters. The summed E-state index contributed by atoms with van der Waals surface area (Å²) in [5, 5.41) is 6.18. The molecule has 0 radical (unpaired) electrons. The minimum atomic E-state index is -0.373. The van der Waals surface area contributed by atoms with E-state index in [2.05, 4.69) is 21.7 Å². The van der Waals surface area contributed by atoms with Gasteiger partial charge in [0.05, 0.1) is 19.3 Å². The quantitative estimate of drug-likeness (QED) is 0.664. The lowest BCUT2D eigenvalue weighted by Crippen LogP contribution is -2.28. The molecule has 1 fully saturated rings. The molecule has 3 heterocycles. The number of anilines is 2. The molecule has 2 N–H and O–H groups in total. The number of fused-ring (bicyclic) bond motifs is 1. The predicted molar refractivity (Wildman–Crippen MR) is 112 cm³/mol. The van der Waals surface area contributed by atoms with Crippen LogP contribution in [0.5, 0.6) is 5.75 Å². The van der Waals surface area contributed by atoms with Crippen molar-refractivity contribution in [3.63, 3.8) is 0 Å². The zero-order valence-electron chi connectivity index (χ0n) is 16.9. The summed E-state index contributed by atoms with van der Waals surface area (Å²) in [6, 6.07) is 5.29. The maximum atomic E-state index is 12.3. The van der Waals surface area contributed by atoms with Gasteiger partial charge in [-0.1, -0.05) is 6.08 Å². The smallest absolute Gasteiger partial charge is 0.414 e. The molecule has 30 heavy (non-hydrogen) atoms. The number of ether oxygens (including phenoxy) is 3. The minimum Gasteiger partial charge on any atom is -0.484 e. The van der Waals surface area contributed by atoms with E-state index in [0.717, 1.165) is 38.2 Å². The van der Waals surface area contributed by atoms with Gasteiger partial charge in [0, 0.05) is 18.3 Å².